The molecule has 2 aromatic heterocycles. The Morgan fingerprint density at radius 2 is 2.05 bits per heavy atom. The Morgan fingerprint density at radius 1 is 1.36 bits per heavy atom. The van der Waals surface area contributed by atoms with E-state index in [1.54, 1.807) is 0 Å². The Kier molecular flexibility index (Phi) is 4.60. The number of rotatable bonds is 5. The van der Waals surface area contributed by atoms with Gasteiger partial charge in [0.05, 0.1) is 10.9 Å². The first-order chi connectivity index (χ1) is 10.3. The topological polar surface area (TPSA) is 49.1 Å². The van der Waals surface area contributed by atoms with Crippen molar-refractivity contribution in [2.24, 2.45) is 7.05 Å². The molecule has 2 heterocycles. The van der Waals surface area contributed by atoms with Crippen LogP contribution in [-0.2, 0) is 24.5 Å². The molecule has 22 heavy (non-hydrogen) atoms. The fourth-order valence-electron chi connectivity index (χ4n) is 2.42. The van der Waals surface area contributed by atoms with Gasteiger partial charge in [0, 0.05) is 32.5 Å². The van der Waals surface area contributed by atoms with Crippen LogP contribution < -0.4 is 5.56 Å². The molecule has 0 N–H and O–H groups in total. The second-order valence-electron chi connectivity index (χ2n) is 5.01. The van der Waals surface area contributed by atoms with Crippen molar-refractivity contribution in [3.8, 4) is 0 Å². The smallest absolute Gasteiger partial charge is 0.382 e. The quantitative estimate of drug-likeness (QED) is 0.796. The lowest BCUT2D eigenvalue weighted by atomic mass is 10.1. The minimum absolute atomic E-state index is 0.0498. The van der Waals surface area contributed by atoms with Gasteiger partial charge in [-0.2, -0.15) is 13.2 Å². The van der Waals surface area contributed by atoms with Gasteiger partial charge in [0.15, 0.2) is 5.65 Å². The zero-order valence-corrected chi connectivity index (χ0v) is 12.7. The van der Waals surface area contributed by atoms with Gasteiger partial charge in [-0.15, -0.1) is 0 Å². The predicted molar refractivity (Wildman–Crippen MR) is 75.8 cm³/mol. The Morgan fingerprint density at radius 3 is 2.64 bits per heavy atom. The van der Waals surface area contributed by atoms with Crippen molar-refractivity contribution in [2.45, 2.75) is 33.0 Å². The SMILES string of the molecule is CCOCCCn1c(=O)c2c(C(F)(F)F)cc(C)nc2n1C. The van der Waals surface area contributed by atoms with Gasteiger partial charge in [-0.1, -0.05) is 0 Å². The molecule has 5 nitrogen and oxygen atoms in total. The molecule has 0 amide bonds. The van der Waals surface area contributed by atoms with Gasteiger partial charge < -0.3 is 4.74 Å². The number of hydrogen-bond donors (Lipinski definition) is 0. The summed E-state index contributed by atoms with van der Waals surface area (Å²) in [5.74, 6) is 0. The summed E-state index contributed by atoms with van der Waals surface area (Å²) in [6, 6.07) is 0.911. The fourth-order valence-corrected chi connectivity index (χ4v) is 2.42. The van der Waals surface area contributed by atoms with Crippen molar-refractivity contribution in [2.75, 3.05) is 13.2 Å². The Bertz CT molecular complexity index is 731. The number of halogens is 3. The lowest BCUT2D eigenvalue weighted by Gasteiger charge is -2.08. The molecule has 0 bridgehead atoms. The van der Waals surface area contributed by atoms with Crippen molar-refractivity contribution >= 4 is 11.0 Å². The highest BCUT2D eigenvalue weighted by atomic mass is 19.4. The Hall–Kier alpha value is -1.83. The summed E-state index contributed by atoms with van der Waals surface area (Å²) < 4.78 is 47.3. The molecular formula is C14H18F3N3O2. The van der Waals surface area contributed by atoms with E-state index in [-0.39, 0.29) is 23.3 Å². The van der Waals surface area contributed by atoms with E-state index in [9.17, 15) is 18.0 Å². The molecule has 122 valence electrons. The van der Waals surface area contributed by atoms with Crippen LogP contribution in [0.2, 0.25) is 0 Å². The minimum atomic E-state index is -4.59. The first kappa shape index (κ1) is 16.5. The third kappa shape index (κ3) is 3.01. The van der Waals surface area contributed by atoms with E-state index < -0.39 is 17.3 Å². The molecular weight excluding hydrogens is 299 g/mol. The van der Waals surface area contributed by atoms with Crippen molar-refractivity contribution in [3.63, 3.8) is 0 Å². The highest BCUT2D eigenvalue weighted by Gasteiger charge is 2.35. The summed E-state index contributed by atoms with van der Waals surface area (Å²) >= 11 is 0. The Balaban J connectivity index is 2.55. The predicted octanol–water partition coefficient (Wildman–Crippen LogP) is 2.49. The molecule has 0 fully saturated rings. The van der Waals surface area contributed by atoms with E-state index in [1.807, 2.05) is 6.92 Å². The number of hydrogen-bond acceptors (Lipinski definition) is 3. The lowest BCUT2D eigenvalue weighted by Crippen LogP contribution is -2.23. The summed E-state index contributed by atoms with van der Waals surface area (Å²) in [6.45, 7) is 4.62. The fraction of sp³-hybridized carbons (Fsp3) is 0.571. The molecule has 0 aliphatic rings. The first-order valence-electron chi connectivity index (χ1n) is 6.99. The average Bonchev–Trinajstić information content (AvgIpc) is 2.66. The van der Waals surface area contributed by atoms with Crippen LogP contribution in [0.3, 0.4) is 0 Å². The molecule has 2 aromatic rings. The zero-order chi connectivity index (χ0) is 16.5. The van der Waals surface area contributed by atoms with Gasteiger partial charge in [0.1, 0.15) is 0 Å². The standard InChI is InChI=1S/C14H18F3N3O2/c1-4-22-7-5-6-20-13(21)11-10(14(15,16)17)8-9(2)18-12(11)19(20)3/h8H,4-7H2,1-3H3. The second-order valence-corrected chi connectivity index (χ2v) is 5.01. The monoisotopic (exact) mass is 317 g/mol. The number of pyridine rings is 1. The second kappa shape index (κ2) is 6.12. The summed E-state index contributed by atoms with van der Waals surface area (Å²) in [5.41, 5.74) is -1.33. The van der Waals surface area contributed by atoms with Crippen LogP contribution in [-0.4, -0.2) is 27.6 Å². The average molecular weight is 317 g/mol. The van der Waals surface area contributed by atoms with E-state index in [0.29, 0.717) is 19.6 Å². The maximum atomic E-state index is 13.2. The zero-order valence-electron chi connectivity index (χ0n) is 12.7. The molecule has 0 aliphatic heterocycles. The molecule has 0 radical (unpaired) electrons. The van der Waals surface area contributed by atoms with E-state index in [0.717, 1.165) is 6.07 Å². The van der Waals surface area contributed by atoms with E-state index in [1.165, 1.54) is 23.3 Å². The van der Waals surface area contributed by atoms with Gasteiger partial charge in [-0.3, -0.25) is 9.48 Å². The molecule has 2 rings (SSSR count). The molecule has 0 spiro atoms. The van der Waals surface area contributed by atoms with Gasteiger partial charge in [0.25, 0.3) is 5.56 Å². The summed E-state index contributed by atoms with van der Waals surface area (Å²) in [6.07, 6.45) is -4.05. The maximum Gasteiger partial charge on any atom is 0.417 e. The first-order valence-corrected chi connectivity index (χ1v) is 6.99. The van der Waals surface area contributed by atoms with Crippen LogP contribution in [0.15, 0.2) is 10.9 Å². The maximum absolute atomic E-state index is 13.2. The van der Waals surface area contributed by atoms with Crippen LogP contribution in [0.4, 0.5) is 13.2 Å². The van der Waals surface area contributed by atoms with Crippen molar-refractivity contribution < 1.29 is 17.9 Å². The number of ether oxygens (including phenoxy) is 1. The van der Waals surface area contributed by atoms with Crippen LogP contribution in [0, 0.1) is 6.92 Å². The molecule has 0 atom stereocenters. The molecule has 8 heteroatoms. The van der Waals surface area contributed by atoms with Crippen LogP contribution >= 0.6 is 0 Å². The molecule has 0 unspecified atom stereocenters. The summed E-state index contributed by atoms with van der Waals surface area (Å²) in [4.78, 5) is 16.4. The van der Waals surface area contributed by atoms with Crippen LogP contribution in [0.1, 0.15) is 24.6 Å². The number of fused-ring (bicyclic) bond motifs is 1. The normalized spacial score (nSPS) is 12.3. The van der Waals surface area contributed by atoms with Crippen molar-refractivity contribution in [1.82, 2.24) is 14.3 Å². The molecule has 0 saturated carbocycles. The third-order valence-electron chi connectivity index (χ3n) is 3.41. The molecule has 0 aromatic carbocycles. The van der Waals surface area contributed by atoms with E-state index >= 15 is 0 Å². The summed E-state index contributed by atoms with van der Waals surface area (Å²) in [7, 11) is 1.54. The van der Waals surface area contributed by atoms with Crippen molar-refractivity contribution in [1.29, 1.82) is 0 Å². The lowest BCUT2D eigenvalue weighted by molar-refractivity contribution is -0.136. The summed E-state index contributed by atoms with van der Waals surface area (Å²) in [5, 5.41) is -0.378. The number of aromatic nitrogens is 3. The van der Waals surface area contributed by atoms with Crippen molar-refractivity contribution in [3.05, 3.63) is 27.7 Å². The number of nitrogens with zero attached hydrogens (tertiary/aromatic N) is 3. The number of aryl methyl sites for hydroxylation is 2. The van der Waals surface area contributed by atoms with Gasteiger partial charge in [-0.25, -0.2) is 9.67 Å². The van der Waals surface area contributed by atoms with Gasteiger partial charge >= 0.3 is 6.18 Å². The van der Waals surface area contributed by atoms with Crippen LogP contribution in [0.25, 0.3) is 11.0 Å². The van der Waals surface area contributed by atoms with E-state index in [2.05, 4.69) is 4.98 Å². The molecule has 0 aliphatic carbocycles. The van der Waals surface area contributed by atoms with E-state index in [4.69, 9.17) is 4.74 Å². The van der Waals surface area contributed by atoms with Crippen LogP contribution in [0.5, 0.6) is 0 Å². The largest absolute Gasteiger partial charge is 0.417 e. The molecule has 0 saturated heterocycles. The Labute approximate surface area is 125 Å². The highest BCUT2D eigenvalue weighted by Crippen LogP contribution is 2.33. The highest BCUT2D eigenvalue weighted by molar-refractivity contribution is 5.79. The van der Waals surface area contributed by atoms with Gasteiger partial charge in [0.2, 0.25) is 0 Å². The minimum Gasteiger partial charge on any atom is -0.382 e. The van der Waals surface area contributed by atoms with Gasteiger partial charge in [-0.05, 0) is 26.3 Å². The number of alkyl halides is 3. The third-order valence-corrected chi connectivity index (χ3v) is 3.41.